The van der Waals surface area contributed by atoms with Crippen LogP contribution in [0.25, 0.3) is 0 Å². The highest BCUT2D eigenvalue weighted by molar-refractivity contribution is 5.19. The van der Waals surface area contributed by atoms with Crippen LogP contribution in [0.15, 0.2) is 18.2 Å². The van der Waals surface area contributed by atoms with E-state index in [2.05, 4.69) is 5.32 Å². The van der Waals surface area contributed by atoms with Crippen molar-refractivity contribution in [2.24, 2.45) is 11.1 Å². The smallest absolute Gasteiger partial charge is 0.126 e. The molecule has 0 atom stereocenters. The van der Waals surface area contributed by atoms with E-state index >= 15 is 0 Å². The lowest BCUT2D eigenvalue weighted by atomic mass is 9.69. The maximum absolute atomic E-state index is 13.4. The number of benzene rings is 1. The Bertz CT molecular complexity index is 397. The molecule has 0 spiro atoms. The molecule has 1 aliphatic carbocycles. The standard InChI is InChI=1S/C14H20F2N2/c15-12-2-3-13(16)11(8-12)4-7-18-10-14(9-17)5-1-6-14/h2-3,8,18H,1,4-7,9-10,17H2. The zero-order valence-corrected chi connectivity index (χ0v) is 10.5. The van der Waals surface area contributed by atoms with E-state index in [-0.39, 0.29) is 17.0 Å². The van der Waals surface area contributed by atoms with Crippen LogP contribution in [0.3, 0.4) is 0 Å². The highest BCUT2D eigenvalue weighted by Gasteiger charge is 2.34. The van der Waals surface area contributed by atoms with E-state index in [9.17, 15) is 8.78 Å². The zero-order valence-electron chi connectivity index (χ0n) is 10.5. The first-order valence-corrected chi connectivity index (χ1v) is 6.50. The number of rotatable bonds is 6. The van der Waals surface area contributed by atoms with Gasteiger partial charge in [-0.25, -0.2) is 8.78 Å². The van der Waals surface area contributed by atoms with E-state index in [1.54, 1.807) is 0 Å². The lowest BCUT2D eigenvalue weighted by Crippen LogP contribution is -2.45. The van der Waals surface area contributed by atoms with Gasteiger partial charge in [0, 0.05) is 6.54 Å². The second-order valence-electron chi connectivity index (χ2n) is 5.22. The maximum Gasteiger partial charge on any atom is 0.126 e. The number of nitrogens with one attached hydrogen (secondary N) is 1. The third-order valence-electron chi connectivity index (χ3n) is 3.93. The van der Waals surface area contributed by atoms with Crippen molar-refractivity contribution in [1.82, 2.24) is 5.32 Å². The lowest BCUT2D eigenvalue weighted by molar-refractivity contribution is 0.141. The van der Waals surface area contributed by atoms with Gasteiger partial charge in [0.2, 0.25) is 0 Å². The summed E-state index contributed by atoms with van der Waals surface area (Å²) < 4.78 is 26.3. The molecule has 0 radical (unpaired) electrons. The van der Waals surface area contributed by atoms with Gasteiger partial charge >= 0.3 is 0 Å². The first kappa shape index (κ1) is 13.4. The predicted molar refractivity (Wildman–Crippen MR) is 68.3 cm³/mol. The van der Waals surface area contributed by atoms with Crippen LogP contribution in [-0.2, 0) is 6.42 Å². The average molecular weight is 254 g/mol. The van der Waals surface area contributed by atoms with Crippen LogP contribution in [0.5, 0.6) is 0 Å². The first-order chi connectivity index (χ1) is 8.65. The Morgan fingerprint density at radius 3 is 2.67 bits per heavy atom. The van der Waals surface area contributed by atoms with Crippen molar-refractivity contribution in [1.29, 1.82) is 0 Å². The Labute approximate surface area is 107 Å². The van der Waals surface area contributed by atoms with E-state index < -0.39 is 0 Å². The van der Waals surface area contributed by atoms with Gasteiger partial charge in [0.25, 0.3) is 0 Å². The van der Waals surface area contributed by atoms with Crippen molar-refractivity contribution in [3.05, 3.63) is 35.4 Å². The summed E-state index contributed by atoms with van der Waals surface area (Å²) in [5.41, 5.74) is 6.44. The largest absolute Gasteiger partial charge is 0.330 e. The molecule has 0 unspecified atom stereocenters. The number of hydrogen-bond donors (Lipinski definition) is 2. The monoisotopic (exact) mass is 254 g/mol. The second kappa shape index (κ2) is 5.76. The lowest BCUT2D eigenvalue weighted by Gasteiger charge is -2.41. The molecule has 4 heteroatoms. The molecule has 3 N–H and O–H groups in total. The Morgan fingerprint density at radius 1 is 1.28 bits per heavy atom. The molecule has 1 fully saturated rings. The Kier molecular flexibility index (Phi) is 4.30. The van der Waals surface area contributed by atoms with Gasteiger partial charge in [-0.15, -0.1) is 0 Å². The fourth-order valence-electron chi connectivity index (χ4n) is 2.44. The summed E-state index contributed by atoms with van der Waals surface area (Å²) in [7, 11) is 0. The summed E-state index contributed by atoms with van der Waals surface area (Å²) in [4.78, 5) is 0. The van der Waals surface area contributed by atoms with Crippen LogP contribution < -0.4 is 11.1 Å². The van der Waals surface area contributed by atoms with Crippen molar-refractivity contribution in [3.8, 4) is 0 Å². The first-order valence-electron chi connectivity index (χ1n) is 6.50. The summed E-state index contributed by atoms with van der Waals surface area (Å²) >= 11 is 0. The molecule has 0 saturated heterocycles. The number of hydrogen-bond acceptors (Lipinski definition) is 2. The Balaban J connectivity index is 1.76. The molecule has 0 bridgehead atoms. The maximum atomic E-state index is 13.4. The van der Waals surface area contributed by atoms with Crippen LogP contribution in [0.1, 0.15) is 24.8 Å². The molecule has 0 amide bonds. The summed E-state index contributed by atoms with van der Waals surface area (Å²) in [5.74, 6) is -0.723. The van der Waals surface area contributed by atoms with Crippen molar-refractivity contribution in [2.45, 2.75) is 25.7 Å². The van der Waals surface area contributed by atoms with Crippen LogP contribution in [0.4, 0.5) is 8.78 Å². The van der Waals surface area contributed by atoms with E-state index in [1.165, 1.54) is 31.4 Å². The van der Waals surface area contributed by atoms with Crippen LogP contribution in [0.2, 0.25) is 0 Å². The van der Waals surface area contributed by atoms with Crippen LogP contribution in [-0.4, -0.2) is 19.6 Å². The molecule has 18 heavy (non-hydrogen) atoms. The third-order valence-corrected chi connectivity index (χ3v) is 3.93. The Hall–Kier alpha value is -1.00. The summed E-state index contributed by atoms with van der Waals surface area (Å²) in [6.07, 6.45) is 4.09. The molecular formula is C14H20F2N2. The highest BCUT2D eigenvalue weighted by atomic mass is 19.1. The van der Waals surface area contributed by atoms with Gasteiger partial charge in [-0.05, 0) is 61.5 Å². The molecule has 0 aromatic heterocycles. The minimum Gasteiger partial charge on any atom is -0.330 e. The molecular weight excluding hydrogens is 234 g/mol. The Morgan fingerprint density at radius 2 is 2.06 bits per heavy atom. The molecule has 1 aromatic rings. The third kappa shape index (κ3) is 3.06. The van der Waals surface area contributed by atoms with Crippen LogP contribution in [0, 0.1) is 17.0 Å². The normalized spacial score (nSPS) is 17.5. The zero-order chi connectivity index (χ0) is 13.0. The molecule has 0 heterocycles. The van der Waals surface area contributed by atoms with E-state index in [0.29, 0.717) is 25.1 Å². The highest BCUT2D eigenvalue weighted by Crippen LogP contribution is 2.38. The fourth-order valence-corrected chi connectivity index (χ4v) is 2.44. The van der Waals surface area contributed by atoms with Gasteiger partial charge < -0.3 is 11.1 Å². The quantitative estimate of drug-likeness (QED) is 0.764. The van der Waals surface area contributed by atoms with Crippen LogP contribution >= 0.6 is 0 Å². The molecule has 0 aliphatic heterocycles. The molecule has 1 aliphatic rings. The van der Waals surface area contributed by atoms with Gasteiger partial charge in [-0.2, -0.15) is 0 Å². The van der Waals surface area contributed by atoms with Gasteiger partial charge in [0.15, 0.2) is 0 Å². The molecule has 100 valence electrons. The topological polar surface area (TPSA) is 38.0 Å². The average Bonchev–Trinajstić information content (AvgIpc) is 2.31. The molecule has 2 rings (SSSR count). The van der Waals surface area contributed by atoms with Gasteiger partial charge in [0.05, 0.1) is 0 Å². The van der Waals surface area contributed by atoms with Gasteiger partial charge in [0.1, 0.15) is 11.6 Å². The summed E-state index contributed by atoms with van der Waals surface area (Å²) in [6.45, 7) is 2.23. The number of nitrogens with two attached hydrogens (primary N) is 1. The fraction of sp³-hybridized carbons (Fsp3) is 0.571. The van der Waals surface area contributed by atoms with Crippen molar-refractivity contribution in [2.75, 3.05) is 19.6 Å². The number of halogens is 2. The minimum atomic E-state index is -0.385. The summed E-state index contributed by atoms with van der Waals surface area (Å²) in [6, 6.07) is 3.58. The van der Waals surface area contributed by atoms with E-state index in [4.69, 9.17) is 5.73 Å². The molecule has 2 nitrogen and oxygen atoms in total. The van der Waals surface area contributed by atoms with Gasteiger partial charge in [-0.3, -0.25) is 0 Å². The predicted octanol–water partition coefficient (Wildman–Crippen LogP) is 2.23. The SMILES string of the molecule is NCC1(CNCCc2cc(F)ccc2F)CCC1. The molecule has 1 saturated carbocycles. The van der Waals surface area contributed by atoms with Crippen molar-refractivity contribution >= 4 is 0 Å². The second-order valence-corrected chi connectivity index (χ2v) is 5.22. The van der Waals surface area contributed by atoms with E-state index in [0.717, 1.165) is 12.6 Å². The van der Waals surface area contributed by atoms with Gasteiger partial charge in [-0.1, -0.05) is 6.42 Å². The summed E-state index contributed by atoms with van der Waals surface area (Å²) in [5, 5.41) is 3.31. The minimum absolute atomic E-state index is 0.250. The van der Waals surface area contributed by atoms with Crippen molar-refractivity contribution in [3.63, 3.8) is 0 Å². The van der Waals surface area contributed by atoms with E-state index in [1.807, 2.05) is 0 Å². The van der Waals surface area contributed by atoms with Crippen molar-refractivity contribution < 1.29 is 8.78 Å². The molecule has 1 aromatic carbocycles.